The Hall–Kier alpha value is -2.24. The van der Waals surface area contributed by atoms with Gasteiger partial charge in [-0.25, -0.2) is 4.98 Å². The van der Waals surface area contributed by atoms with Gasteiger partial charge in [-0.1, -0.05) is 59.7 Å². The van der Waals surface area contributed by atoms with Crippen LogP contribution >= 0.6 is 11.3 Å². The van der Waals surface area contributed by atoms with Crippen LogP contribution < -0.4 is 4.90 Å². The Bertz CT molecular complexity index is 992. The molecule has 0 unspecified atom stereocenters. The number of rotatable bonds is 10. The van der Waals surface area contributed by atoms with Crippen LogP contribution in [0.25, 0.3) is 11.3 Å². The van der Waals surface area contributed by atoms with Gasteiger partial charge in [-0.3, -0.25) is 4.98 Å². The molecule has 178 valence electrons. The van der Waals surface area contributed by atoms with Crippen molar-refractivity contribution in [3.05, 3.63) is 64.3 Å². The first-order valence-electron chi connectivity index (χ1n) is 12.1. The average Bonchev–Trinajstić information content (AvgIpc) is 3.25. The summed E-state index contributed by atoms with van der Waals surface area (Å²) in [6.45, 7) is 16.5. The molecule has 2 aromatic heterocycles. The van der Waals surface area contributed by atoms with Gasteiger partial charge in [0.05, 0.1) is 5.69 Å². The summed E-state index contributed by atoms with van der Waals surface area (Å²) in [7, 11) is 4.24. The first-order chi connectivity index (χ1) is 15.7. The molecular formula is C28H40N4S. The van der Waals surface area contributed by atoms with Gasteiger partial charge in [0, 0.05) is 43.0 Å². The third kappa shape index (κ3) is 6.42. The third-order valence-electron chi connectivity index (χ3n) is 6.06. The van der Waals surface area contributed by atoms with E-state index >= 15 is 0 Å². The van der Waals surface area contributed by atoms with Gasteiger partial charge in [0.25, 0.3) is 0 Å². The molecule has 0 radical (unpaired) electrons. The molecule has 0 spiro atoms. The van der Waals surface area contributed by atoms with Crippen LogP contribution in [0.4, 0.5) is 5.13 Å². The summed E-state index contributed by atoms with van der Waals surface area (Å²) < 4.78 is 0. The van der Waals surface area contributed by atoms with Crippen LogP contribution in [0.1, 0.15) is 81.5 Å². The van der Waals surface area contributed by atoms with E-state index in [0.717, 1.165) is 30.5 Å². The molecule has 0 atom stereocenters. The minimum absolute atomic E-state index is 0.446. The number of benzene rings is 1. The quantitative estimate of drug-likeness (QED) is 0.319. The molecule has 0 saturated heterocycles. The second-order valence-corrected chi connectivity index (χ2v) is 11.0. The van der Waals surface area contributed by atoms with E-state index < -0.39 is 0 Å². The second kappa shape index (κ2) is 11.3. The molecule has 0 aliphatic rings. The fourth-order valence-electron chi connectivity index (χ4n) is 4.05. The average molecular weight is 465 g/mol. The lowest BCUT2D eigenvalue weighted by Gasteiger charge is -2.24. The van der Waals surface area contributed by atoms with Gasteiger partial charge in [-0.2, -0.15) is 0 Å². The molecule has 0 aliphatic heterocycles. The van der Waals surface area contributed by atoms with Crippen LogP contribution in [0.3, 0.4) is 0 Å². The summed E-state index contributed by atoms with van der Waals surface area (Å²) in [5.74, 6) is 1.41. The molecule has 0 fully saturated rings. The lowest BCUT2D eigenvalue weighted by Crippen LogP contribution is -2.31. The zero-order valence-electron chi connectivity index (χ0n) is 21.6. The first-order valence-corrected chi connectivity index (χ1v) is 13.0. The summed E-state index contributed by atoms with van der Waals surface area (Å²) in [6, 6.07) is 8.97. The molecule has 1 aromatic carbocycles. The molecule has 5 heteroatoms. The van der Waals surface area contributed by atoms with Crippen LogP contribution in [0.15, 0.2) is 42.0 Å². The van der Waals surface area contributed by atoms with E-state index in [1.54, 1.807) is 11.3 Å². The predicted molar refractivity (Wildman–Crippen MR) is 144 cm³/mol. The highest BCUT2D eigenvalue weighted by molar-refractivity contribution is 7.14. The fraction of sp³-hybridized carbons (Fsp3) is 0.500. The van der Waals surface area contributed by atoms with Gasteiger partial charge < -0.3 is 9.80 Å². The van der Waals surface area contributed by atoms with E-state index in [-0.39, 0.29) is 0 Å². The van der Waals surface area contributed by atoms with E-state index in [1.165, 1.54) is 27.8 Å². The lowest BCUT2D eigenvalue weighted by molar-refractivity contribution is 0.412. The Balaban J connectivity index is 2.05. The van der Waals surface area contributed by atoms with Crippen LogP contribution in [0.2, 0.25) is 0 Å². The zero-order valence-corrected chi connectivity index (χ0v) is 22.4. The Kier molecular flexibility index (Phi) is 8.66. The van der Waals surface area contributed by atoms with Crippen molar-refractivity contribution in [1.29, 1.82) is 0 Å². The number of likely N-dealkylation sites (N-methyl/N-ethyl adjacent to an activating group) is 1. The Morgan fingerprint density at radius 3 is 2.09 bits per heavy atom. The Morgan fingerprint density at radius 2 is 1.58 bits per heavy atom. The SMILES string of the molecule is CC(C)c1cc(C(C)C)c(-c2csc(N(CCN(C)C)Cc3cccnc3)n2)c(C(C)C)c1. The van der Waals surface area contributed by atoms with Gasteiger partial charge >= 0.3 is 0 Å². The van der Waals surface area contributed by atoms with E-state index in [4.69, 9.17) is 4.98 Å². The number of pyridine rings is 1. The van der Waals surface area contributed by atoms with Crippen molar-refractivity contribution in [1.82, 2.24) is 14.9 Å². The zero-order chi connectivity index (χ0) is 24.1. The number of hydrogen-bond donors (Lipinski definition) is 0. The summed E-state index contributed by atoms with van der Waals surface area (Å²) >= 11 is 1.75. The van der Waals surface area contributed by atoms with Gasteiger partial charge in [0.15, 0.2) is 5.13 Å². The Labute approximate surface area is 204 Å². The molecule has 0 aliphatic carbocycles. The van der Waals surface area contributed by atoms with Crippen molar-refractivity contribution in [2.24, 2.45) is 0 Å². The molecule has 0 saturated carbocycles. The molecular weight excluding hydrogens is 424 g/mol. The monoisotopic (exact) mass is 464 g/mol. The molecule has 4 nitrogen and oxygen atoms in total. The summed E-state index contributed by atoms with van der Waals surface area (Å²) in [5.41, 5.74) is 7.90. The minimum Gasteiger partial charge on any atom is -0.342 e. The van der Waals surface area contributed by atoms with E-state index in [0.29, 0.717) is 17.8 Å². The van der Waals surface area contributed by atoms with Crippen LogP contribution in [0.5, 0.6) is 0 Å². The van der Waals surface area contributed by atoms with Crippen molar-refractivity contribution in [2.75, 3.05) is 32.1 Å². The molecule has 0 amide bonds. The molecule has 33 heavy (non-hydrogen) atoms. The number of nitrogens with zero attached hydrogens (tertiary/aromatic N) is 4. The van der Waals surface area contributed by atoms with Gasteiger partial charge in [-0.05, 0) is 60.2 Å². The smallest absolute Gasteiger partial charge is 0.186 e. The molecule has 3 aromatic rings. The highest BCUT2D eigenvalue weighted by atomic mass is 32.1. The van der Waals surface area contributed by atoms with Crippen molar-refractivity contribution in [3.8, 4) is 11.3 Å². The second-order valence-electron chi connectivity index (χ2n) is 10.1. The predicted octanol–water partition coefficient (Wildman–Crippen LogP) is 7.14. The molecule has 0 bridgehead atoms. The van der Waals surface area contributed by atoms with E-state index in [1.807, 2.05) is 18.5 Å². The van der Waals surface area contributed by atoms with Gasteiger partial charge in [0.1, 0.15) is 0 Å². The standard InChI is InChI=1S/C28H40N4S/c1-19(2)23-14-24(20(3)4)27(25(15-23)21(5)6)26-18-33-28(30-26)32(13-12-31(7)8)17-22-10-9-11-29-16-22/h9-11,14-16,18-21H,12-13,17H2,1-8H3. The number of thiazole rings is 1. The maximum absolute atomic E-state index is 5.22. The van der Waals surface area contributed by atoms with E-state index in [2.05, 4.69) is 94.0 Å². The number of hydrogen-bond acceptors (Lipinski definition) is 5. The molecule has 3 rings (SSSR count). The van der Waals surface area contributed by atoms with Crippen molar-refractivity contribution in [2.45, 2.75) is 65.8 Å². The normalized spacial score (nSPS) is 11.9. The summed E-state index contributed by atoms with van der Waals surface area (Å²) in [4.78, 5) is 14.1. The molecule has 0 N–H and O–H groups in total. The molecule has 2 heterocycles. The third-order valence-corrected chi connectivity index (χ3v) is 6.97. The highest BCUT2D eigenvalue weighted by Gasteiger charge is 2.21. The first kappa shape index (κ1) is 25.4. The lowest BCUT2D eigenvalue weighted by atomic mass is 9.83. The Morgan fingerprint density at radius 1 is 0.909 bits per heavy atom. The van der Waals surface area contributed by atoms with Crippen LogP contribution in [0, 0.1) is 0 Å². The van der Waals surface area contributed by atoms with Gasteiger partial charge in [0.2, 0.25) is 0 Å². The highest BCUT2D eigenvalue weighted by Crippen LogP contribution is 2.40. The summed E-state index contributed by atoms with van der Waals surface area (Å²) in [5, 5.41) is 3.33. The van der Waals surface area contributed by atoms with Crippen molar-refractivity contribution < 1.29 is 0 Å². The summed E-state index contributed by atoms with van der Waals surface area (Å²) in [6.07, 6.45) is 3.78. The van der Waals surface area contributed by atoms with Gasteiger partial charge in [-0.15, -0.1) is 11.3 Å². The van der Waals surface area contributed by atoms with Crippen LogP contribution in [-0.2, 0) is 6.54 Å². The maximum atomic E-state index is 5.22. The minimum atomic E-state index is 0.446. The van der Waals surface area contributed by atoms with Crippen molar-refractivity contribution >= 4 is 16.5 Å². The van der Waals surface area contributed by atoms with Crippen LogP contribution in [-0.4, -0.2) is 42.1 Å². The topological polar surface area (TPSA) is 32.3 Å². The number of aromatic nitrogens is 2. The van der Waals surface area contributed by atoms with Crippen molar-refractivity contribution in [3.63, 3.8) is 0 Å². The maximum Gasteiger partial charge on any atom is 0.186 e. The fourth-order valence-corrected chi connectivity index (χ4v) is 4.89. The number of anilines is 1. The van der Waals surface area contributed by atoms with E-state index in [9.17, 15) is 0 Å². The largest absolute Gasteiger partial charge is 0.342 e.